The van der Waals surface area contributed by atoms with Crippen molar-refractivity contribution in [1.29, 1.82) is 0 Å². The lowest BCUT2D eigenvalue weighted by atomic mass is 9.96. The summed E-state index contributed by atoms with van der Waals surface area (Å²) in [5.74, 6) is 0.387. The number of fused-ring (bicyclic) bond motifs is 1. The number of aromatic hydroxyl groups is 1. The number of aromatic amines is 3. The van der Waals surface area contributed by atoms with E-state index >= 15 is 4.39 Å². The molecule has 1 aliphatic rings. The summed E-state index contributed by atoms with van der Waals surface area (Å²) in [4.78, 5) is 10.2. The molecule has 0 spiro atoms. The Labute approximate surface area is 200 Å². The van der Waals surface area contributed by atoms with Gasteiger partial charge in [0.2, 0.25) is 0 Å². The predicted molar refractivity (Wildman–Crippen MR) is 132 cm³/mol. The van der Waals surface area contributed by atoms with E-state index in [1.54, 1.807) is 24.3 Å². The standard InChI is InChI=1S/C26H24FN7O/c1-2-16-9-18(35)3-4-19(16)20-5-6-21-24(23(20)27)32-33-25(21)26-28-12-22(31-26)17-7-8-34(14-17)13-15-10-29-30-11-15/h3-7,9-12,35H,2,8,13-14H2,1H3,(H,28,31)(H,29,30)(H,32,33). The molecule has 0 bridgehead atoms. The largest absolute Gasteiger partial charge is 0.508 e. The molecule has 6 rings (SSSR count). The molecule has 0 saturated carbocycles. The molecule has 5 aromatic rings. The third kappa shape index (κ3) is 3.79. The van der Waals surface area contributed by atoms with Crippen molar-refractivity contribution in [2.24, 2.45) is 0 Å². The van der Waals surface area contributed by atoms with E-state index in [9.17, 15) is 5.11 Å². The van der Waals surface area contributed by atoms with Gasteiger partial charge in [0.15, 0.2) is 11.6 Å². The number of imidazole rings is 1. The number of halogens is 1. The summed E-state index contributed by atoms with van der Waals surface area (Å²) in [6.07, 6.45) is 8.43. The first-order valence-corrected chi connectivity index (χ1v) is 11.5. The molecule has 9 heteroatoms. The topological polar surface area (TPSA) is 110 Å². The molecule has 0 unspecified atom stereocenters. The Balaban J connectivity index is 1.28. The van der Waals surface area contributed by atoms with Crippen LogP contribution in [0.4, 0.5) is 4.39 Å². The molecule has 176 valence electrons. The van der Waals surface area contributed by atoms with Gasteiger partial charge in [-0.1, -0.05) is 25.1 Å². The number of aryl methyl sites for hydroxylation is 1. The number of phenols is 1. The van der Waals surface area contributed by atoms with Crippen LogP contribution in [0.1, 0.15) is 23.7 Å². The van der Waals surface area contributed by atoms with E-state index < -0.39 is 5.82 Å². The van der Waals surface area contributed by atoms with Gasteiger partial charge >= 0.3 is 0 Å². The zero-order valence-corrected chi connectivity index (χ0v) is 19.1. The van der Waals surface area contributed by atoms with Gasteiger partial charge in [0.05, 0.1) is 18.1 Å². The van der Waals surface area contributed by atoms with Gasteiger partial charge < -0.3 is 10.1 Å². The second-order valence-electron chi connectivity index (χ2n) is 8.77. The molecule has 4 heterocycles. The number of benzene rings is 2. The van der Waals surface area contributed by atoms with Gasteiger partial charge in [0.1, 0.15) is 17.0 Å². The number of phenolic OH excluding ortho intramolecular Hbond substituents is 1. The van der Waals surface area contributed by atoms with Crippen molar-refractivity contribution >= 4 is 16.5 Å². The van der Waals surface area contributed by atoms with Crippen molar-refractivity contribution in [3.05, 3.63) is 77.6 Å². The van der Waals surface area contributed by atoms with Gasteiger partial charge in [0.25, 0.3) is 0 Å². The van der Waals surface area contributed by atoms with E-state index in [1.807, 2.05) is 31.6 Å². The predicted octanol–water partition coefficient (Wildman–Crippen LogP) is 4.65. The summed E-state index contributed by atoms with van der Waals surface area (Å²) in [6.45, 7) is 4.46. The third-order valence-corrected chi connectivity index (χ3v) is 6.53. The Morgan fingerprint density at radius 1 is 1.14 bits per heavy atom. The van der Waals surface area contributed by atoms with Gasteiger partial charge in [-0.3, -0.25) is 15.1 Å². The number of aromatic nitrogens is 6. The molecule has 0 aliphatic carbocycles. The molecule has 4 N–H and O–H groups in total. The van der Waals surface area contributed by atoms with Gasteiger partial charge in [-0.25, -0.2) is 9.37 Å². The third-order valence-electron chi connectivity index (χ3n) is 6.53. The fourth-order valence-electron chi connectivity index (χ4n) is 4.73. The average molecular weight is 470 g/mol. The van der Waals surface area contributed by atoms with Crippen LogP contribution in [0.5, 0.6) is 5.75 Å². The Bertz CT molecular complexity index is 1550. The van der Waals surface area contributed by atoms with Gasteiger partial charge in [-0.2, -0.15) is 10.2 Å². The molecule has 35 heavy (non-hydrogen) atoms. The summed E-state index contributed by atoms with van der Waals surface area (Å²) < 4.78 is 15.6. The summed E-state index contributed by atoms with van der Waals surface area (Å²) in [5, 5.41) is 24.6. The Kier molecular flexibility index (Phi) is 5.18. The lowest BCUT2D eigenvalue weighted by molar-refractivity contribution is 0.348. The molecule has 0 saturated heterocycles. The smallest absolute Gasteiger partial charge is 0.159 e. The highest BCUT2D eigenvalue weighted by atomic mass is 19.1. The normalized spacial score (nSPS) is 14.2. The van der Waals surface area contributed by atoms with Crippen molar-refractivity contribution in [1.82, 2.24) is 35.3 Å². The number of nitrogens with one attached hydrogen (secondary N) is 3. The zero-order chi connectivity index (χ0) is 23.9. The average Bonchev–Trinajstić information content (AvgIpc) is 3.66. The van der Waals surface area contributed by atoms with Gasteiger partial charge in [0, 0.05) is 42.3 Å². The Morgan fingerprint density at radius 2 is 2.03 bits per heavy atom. The van der Waals surface area contributed by atoms with E-state index in [-0.39, 0.29) is 11.3 Å². The molecular formula is C26H24FN7O. The molecule has 2 aromatic carbocycles. The number of hydrogen-bond donors (Lipinski definition) is 4. The van der Waals surface area contributed by atoms with E-state index in [1.165, 1.54) is 5.57 Å². The minimum Gasteiger partial charge on any atom is -0.508 e. The van der Waals surface area contributed by atoms with Crippen LogP contribution in [0, 0.1) is 5.82 Å². The van der Waals surface area contributed by atoms with Crippen LogP contribution in [0.2, 0.25) is 0 Å². The van der Waals surface area contributed by atoms with Crippen LogP contribution in [-0.2, 0) is 13.0 Å². The Hall–Kier alpha value is -4.24. The lowest BCUT2D eigenvalue weighted by Gasteiger charge is -2.13. The SMILES string of the molecule is CCc1cc(O)ccc1-c1ccc2c(-c3ncc(C4=CCN(Cc5cn[nH]c5)C4)[nH]3)[nH]nc2c1F. The molecule has 0 amide bonds. The maximum Gasteiger partial charge on any atom is 0.159 e. The highest BCUT2D eigenvalue weighted by Crippen LogP contribution is 2.35. The maximum atomic E-state index is 15.6. The van der Waals surface area contributed by atoms with E-state index in [0.29, 0.717) is 28.9 Å². The van der Waals surface area contributed by atoms with Crippen LogP contribution in [0.3, 0.4) is 0 Å². The monoisotopic (exact) mass is 469 g/mol. The zero-order valence-electron chi connectivity index (χ0n) is 19.1. The minimum atomic E-state index is -0.398. The minimum absolute atomic E-state index is 0.171. The fourth-order valence-corrected chi connectivity index (χ4v) is 4.73. The number of hydrogen-bond acceptors (Lipinski definition) is 5. The molecule has 3 aromatic heterocycles. The van der Waals surface area contributed by atoms with Crippen molar-refractivity contribution in [2.45, 2.75) is 19.9 Å². The quantitative estimate of drug-likeness (QED) is 0.289. The highest BCUT2D eigenvalue weighted by Gasteiger charge is 2.21. The highest BCUT2D eigenvalue weighted by molar-refractivity contribution is 5.95. The molecule has 1 aliphatic heterocycles. The first kappa shape index (κ1) is 21.3. The van der Waals surface area contributed by atoms with Crippen LogP contribution < -0.4 is 0 Å². The lowest BCUT2D eigenvalue weighted by Crippen LogP contribution is -2.19. The Morgan fingerprint density at radius 3 is 2.86 bits per heavy atom. The second-order valence-corrected chi connectivity index (χ2v) is 8.77. The van der Waals surface area contributed by atoms with E-state index in [4.69, 9.17) is 0 Å². The van der Waals surface area contributed by atoms with Gasteiger partial charge in [-0.15, -0.1) is 0 Å². The van der Waals surface area contributed by atoms with Crippen LogP contribution >= 0.6 is 0 Å². The van der Waals surface area contributed by atoms with Crippen molar-refractivity contribution in [3.63, 3.8) is 0 Å². The second kappa shape index (κ2) is 8.52. The van der Waals surface area contributed by atoms with Crippen LogP contribution in [0.25, 0.3) is 39.1 Å². The first-order valence-electron chi connectivity index (χ1n) is 11.5. The van der Waals surface area contributed by atoms with Crippen molar-refractivity contribution in [2.75, 3.05) is 13.1 Å². The van der Waals surface area contributed by atoms with Crippen molar-refractivity contribution < 1.29 is 9.50 Å². The van der Waals surface area contributed by atoms with Crippen LogP contribution in [0.15, 0.2) is 55.0 Å². The summed E-state index contributed by atoms with van der Waals surface area (Å²) >= 11 is 0. The van der Waals surface area contributed by atoms with Gasteiger partial charge in [-0.05, 0) is 41.3 Å². The van der Waals surface area contributed by atoms with Crippen LogP contribution in [-0.4, -0.2) is 53.5 Å². The molecule has 0 radical (unpaired) electrons. The first-order chi connectivity index (χ1) is 17.1. The fraction of sp³-hybridized carbons (Fsp3) is 0.192. The van der Waals surface area contributed by atoms with Crippen molar-refractivity contribution in [3.8, 4) is 28.4 Å². The van der Waals surface area contributed by atoms with E-state index in [0.717, 1.165) is 42.0 Å². The molecule has 0 atom stereocenters. The summed E-state index contributed by atoms with van der Waals surface area (Å²) in [7, 11) is 0. The molecule has 8 nitrogen and oxygen atoms in total. The number of nitrogens with zero attached hydrogens (tertiary/aromatic N) is 4. The molecule has 0 fully saturated rings. The summed E-state index contributed by atoms with van der Waals surface area (Å²) in [5.41, 5.74) is 6.25. The number of H-pyrrole nitrogens is 3. The maximum absolute atomic E-state index is 15.6. The number of rotatable bonds is 6. The molecular weight excluding hydrogens is 445 g/mol. The summed E-state index contributed by atoms with van der Waals surface area (Å²) in [6, 6.07) is 8.62. The van der Waals surface area contributed by atoms with E-state index in [2.05, 4.69) is 41.3 Å².